The van der Waals surface area contributed by atoms with Gasteiger partial charge in [-0.2, -0.15) is 18.3 Å². The Balaban J connectivity index is 1.99. The monoisotopic (exact) mass is 370 g/mol. The molecule has 0 saturated carbocycles. The van der Waals surface area contributed by atoms with Crippen LogP contribution in [0.3, 0.4) is 0 Å². The van der Waals surface area contributed by atoms with Gasteiger partial charge in [-0.05, 0) is 38.1 Å². The van der Waals surface area contributed by atoms with E-state index in [-0.39, 0.29) is 11.6 Å². The average molecular weight is 370 g/mol. The molecule has 3 rings (SSSR count). The van der Waals surface area contributed by atoms with Crippen LogP contribution in [0.4, 0.5) is 17.6 Å². The van der Waals surface area contributed by atoms with Gasteiger partial charge in [0.2, 0.25) is 0 Å². The van der Waals surface area contributed by atoms with E-state index >= 15 is 0 Å². The summed E-state index contributed by atoms with van der Waals surface area (Å²) in [4.78, 5) is 14.0. The van der Waals surface area contributed by atoms with Crippen molar-refractivity contribution in [1.82, 2.24) is 20.0 Å². The fourth-order valence-corrected chi connectivity index (χ4v) is 3.23. The topological polar surface area (TPSA) is 50.2 Å². The molecule has 1 saturated heterocycles. The van der Waals surface area contributed by atoms with Crippen molar-refractivity contribution in [3.05, 3.63) is 47.5 Å². The van der Waals surface area contributed by atoms with Gasteiger partial charge in [0.25, 0.3) is 5.91 Å². The average Bonchev–Trinajstić information content (AvgIpc) is 3.21. The minimum atomic E-state index is -4.85. The summed E-state index contributed by atoms with van der Waals surface area (Å²) in [5, 5.41) is 6.66. The van der Waals surface area contributed by atoms with E-state index in [9.17, 15) is 22.4 Å². The fourth-order valence-electron chi connectivity index (χ4n) is 3.23. The zero-order valence-corrected chi connectivity index (χ0v) is 14.1. The first-order valence-electron chi connectivity index (χ1n) is 8.17. The highest BCUT2D eigenvalue weighted by Crippen LogP contribution is 2.35. The number of benzene rings is 1. The van der Waals surface area contributed by atoms with Crippen molar-refractivity contribution < 1.29 is 22.4 Å². The Morgan fingerprint density at radius 3 is 2.73 bits per heavy atom. The van der Waals surface area contributed by atoms with E-state index in [1.165, 1.54) is 23.1 Å². The maximum absolute atomic E-state index is 14.0. The second kappa shape index (κ2) is 7.06. The van der Waals surface area contributed by atoms with Crippen molar-refractivity contribution in [3.8, 4) is 5.69 Å². The molecule has 1 fully saturated rings. The zero-order chi connectivity index (χ0) is 18.9. The molecular weight excluding hydrogens is 352 g/mol. The Kier molecular flexibility index (Phi) is 4.99. The molecule has 1 aromatic heterocycles. The second-order valence-electron chi connectivity index (χ2n) is 6.23. The first-order valence-corrected chi connectivity index (χ1v) is 8.17. The number of halogens is 4. The van der Waals surface area contributed by atoms with Gasteiger partial charge >= 0.3 is 6.18 Å². The number of nitrogens with zero attached hydrogens (tertiary/aromatic N) is 3. The largest absolute Gasteiger partial charge is 0.434 e. The third kappa shape index (κ3) is 3.44. The summed E-state index contributed by atoms with van der Waals surface area (Å²) >= 11 is 0. The van der Waals surface area contributed by atoms with Crippen molar-refractivity contribution in [2.75, 3.05) is 26.7 Å². The fraction of sp³-hybridized carbons (Fsp3) is 0.412. The number of hydrogen-bond acceptors (Lipinski definition) is 3. The van der Waals surface area contributed by atoms with E-state index in [4.69, 9.17) is 0 Å². The van der Waals surface area contributed by atoms with Crippen molar-refractivity contribution in [1.29, 1.82) is 0 Å². The standard InChI is InChI=1S/C17H18F4N4O/c1-22-8-11-6-7-24(10-11)16(26)12-9-23-25(15(12)17(19,20)21)14-5-3-2-4-13(14)18/h2-5,9,11,22H,6-8,10H2,1H3/t11-/m0/s1. The molecule has 1 amide bonds. The van der Waals surface area contributed by atoms with Gasteiger partial charge < -0.3 is 10.2 Å². The molecule has 0 aliphatic carbocycles. The van der Waals surface area contributed by atoms with Crippen LogP contribution in [0, 0.1) is 11.7 Å². The second-order valence-corrected chi connectivity index (χ2v) is 6.23. The van der Waals surface area contributed by atoms with E-state index in [0.717, 1.165) is 18.7 Å². The van der Waals surface area contributed by atoms with Crippen molar-refractivity contribution in [2.24, 2.45) is 5.92 Å². The zero-order valence-electron chi connectivity index (χ0n) is 14.1. The van der Waals surface area contributed by atoms with Crippen LogP contribution >= 0.6 is 0 Å². The Labute approximate surface area is 147 Å². The SMILES string of the molecule is CNC[C@@H]1CCN(C(=O)c2cnn(-c3ccccc3F)c2C(F)(F)F)C1. The Hall–Kier alpha value is -2.42. The number of carbonyl (C=O) groups excluding carboxylic acids is 1. The molecule has 140 valence electrons. The summed E-state index contributed by atoms with van der Waals surface area (Å²) in [6.07, 6.45) is -3.27. The molecule has 0 unspecified atom stereocenters. The molecule has 1 aliphatic heterocycles. The molecule has 0 bridgehead atoms. The molecule has 2 aromatic rings. The summed E-state index contributed by atoms with van der Waals surface area (Å²) in [6.45, 7) is 1.44. The highest BCUT2D eigenvalue weighted by atomic mass is 19.4. The van der Waals surface area contributed by atoms with E-state index < -0.39 is 29.2 Å². The first-order chi connectivity index (χ1) is 12.3. The smallest absolute Gasteiger partial charge is 0.338 e. The molecule has 2 heterocycles. The predicted molar refractivity (Wildman–Crippen MR) is 86.5 cm³/mol. The molecule has 0 spiro atoms. The molecule has 26 heavy (non-hydrogen) atoms. The van der Waals surface area contributed by atoms with Crippen LogP contribution < -0.4 is 5.32 Å². The number of nitrogens with one attached hydrogen (secondary N) is 1. The maximum Gasteiger partial charge on any atom is 0.434 e. The van der Waals surface area contributed by atoms with Crippen LogP contribution in [0.5, 0.6) is 0 Å². The van der Waals surface area contributed by atoms with E-state index in [1.54, 1.807) is 7.05 Å². The highest BCUT2D eigenvalue weighted by Gasteiger charge is 2.42. The molecule has 1 aromatic carbocycles. The Morgan fingerprint density at radius 2 is 2.08 bits per heavy atom. The molecule has 1 aliphatic rings. The van der Waals surface area contributed by atoms with Gasteiger partial charge in [-0.3, -0.25) is 4.79 Å². The van der Waals surface area contributed by atoms with Gasteiger partial charge in [-0.15, -0.1) is 0 Å². The van der Waals surface area contributed by atoms with Crippen molar-refractivity contribution >= 4 is 5.91 Å². The third-order valence-corrected chi connectivity index (χ3v) is 4.41. The highest BCUT2D eigenvalue weighted by molar-refractivity contribution is 5.95. The minimum Gasteiger partial charge on any atom is -0.338 e. The molecular formula is C17H18F4N4O. The Bertz CT molecular complexity index is 802. The summed E-state index contributed by atoms with van der Waals surface area (Å²) in [7, 11) is 1.78. The van der Waals surface area contributed by atoms with Crippen molar-refractivity contribution in [3.63, 3.8) is 0 Å². The van der Waals surface area contributed by atoms with Crippen LogP contribution in [0.25, 0.3) is 5.69 Å². The lowest BCUT2D eigenvalue weighted by Gasteiger charge is -2.18. The summed E-state index contributed by atoms with van der Waals surface area (Å²) < 4.78 is 55.3. The molecule has 9 heteroatoms. The van der Waals surface area contributed by atoms with Gasteiger partial charge in [0.15, 0.2) is 5.69 Å². The Morgan fingerprint density at radius 1 is 1.35 bits per heavy atom. The van der Waals surface area contributed by atoms with E-state index in [2.05, 4.69) is 10.4 Å². The number of rotatable bonds is 4. The lowest BCUT2D eigenvalue weighted by atomic mass is 10.1. The lowest BCUT2D eigenvalue weighted by Crippen LogP contribution is -2.32. The van der Waals surface area contributed by atoms with Gasteiger partial charge in [-0.1, -0.05) is 12.1 Å². The van der Waals surface area contributed by atoms with Crippen LogP contribution in [-0.2, 0) is 6.18 Å². The third-order valence-electron chi connectivity index (χ3n) is 4.41. The summed E-state index contributed by atoms with van der Waals surface area (Å²) in [6, 6.07) is 5.00. The number of hydrogen-bond donors (Lipinski definition) is 1. The van der Waals surface area contributed by atoms with E-state index in [1.807, 2.05) is 0 Å². The van der Waals surface area contributed by atoms with Crippen LogP contribution in [0.15, 0.2) is 30.5 Å². The van der Waals surface area contributed by atoms with Crippen LogP contribution in [-0.4, -0.2) is 47.3 Å². The molecule has 1 atom stereocenters. The number of likely N-dealkylation sites (tertiary alicyclic amines) is 1. The van der Waals surface area contributed by atoms with Gasteiger partial charge in [0.05, 0.1) is 11.8 Å². The number of amides is 1. The lowest BCUT2D eigenvalue weighted by molar-refractivity contribution is -0.143. The predicted octanol–water partition coefficient (Wildman–Crippen LogP) is 2.71. The number of carbonyl (C=O) groups is 1. The quantitative estimate of drug-likeness (QED) is 0.842. The van der Waals surface area contributed by atoms with E-state index in [0.29, 0.717) is 24.3 Å². The van der Waals surface area contributed by atoms with Gasteiger partial charge in [0, 0.05) is 13.1 Å². The molecule has 0 radical (unpaired) electrons. The first kappa shape index (κ1) is 18.4. The minimum absolute atomic E-state index is 0.194. The number of alkyl halides is 3. The summed E-state index contributed by atoms with van der Waals surface area (Å²) in [5.41, 5.74) is -2.18. The molecule has 1 N–H and O–H groups in total. The maximum atomic E-state index is 14.0. The molecule has 5 nitrogen and oxygen atoms in total. The number of para-hydroxylation sites is 1. The van der Waals surface area contributed by atoms with Crippen LogP contribution in [0.2, 0.25) is 0 Å². The van der Waals surface area contributed by atoms with Gasteiger partial charge in [0.1, 0.15) is 11.5 Å². The van der Waals surface area contributed by atoms with Gasteiger partial charge in [-0.25, -0.2) is 9.07 Å². The van der Waals surface area contributed by atoms with Crippen LogP contribution in [0.1, 0.15) is 22.5 Å². The summed E-state index contributed by atoms with van der Waals surface area (Å²) in [5.74, 6) is -1.39. The normalized spacial score (nSPS) is 17.7. The number of aromatic nitrogens is 2. The van der Waals surface area contributed by atoms with Crippen molar-refractivity contribution in [2.45, 2.75) is 12.6 Å².